The van der Waals surface area contributed by atoms with Gasteiger partial charge < -0.3 is 10.0 Å². The predicted molar refractivity (Wildman–Crippen MR) is 112 cm³/mol. The average Bonchev–Trinajstić information content (AvgIpc) is 2.99. The molecule has 3 rings (SSSR count). The lowest BCUT2D eigenvalue weighted by Gasteiger charge is -2.21. The number of halogens is 2. The second-order valence-corrected chi connectivity index (χ2v) is 8.67. The zero-order valence-electron chi connectivity index (χ0n) is 15.4. The van der Waals surface area contributed by atoms with E-state index in [2.05, 4.69) is 21.2 Å². The van der Waals surface area contributed by atoms with Crippen molar-refractivity contribution in [3.05, 3.63) is 69.4 Å². The van der Waals surface area contributed by atoms with E-state index in [1.807, 2.05) is 0 Å². The first kappa shape index (κ1) is 22.0. The van der Waals surface area contributed by atoms with Gasteiger partial charge in [-0.05, 0) is 36.2 Å². The quantitative estimate of drug-likeness (QED) is 0.612. The molecule has 7 nitrogen and oxygen atoms in total. The molecule has 0 spiro atoms. The largest absolute Gasteiger partial charge is 0.480 e. The van der Waals surface area contributed by atoms with E-state index >= 15 is 0 Å². The minimum Gasteiger partial charge on any atom is -0.480 e. The number of amides is 3. The van der Waals surface area contributed by atoms with Crippen LogP contribution >= 0.6 is 27.7 Å². The Bertz CT molecular complexity index is 1030. The summed E-state index contributed by atoms with van der Waals surface area (Å²) in [5, 5.41) is 10.4. The van der Waals surface area contributed by atoms with Crippen LogP contribution in [0.25, 0.3) is 0 Å². The Morgan fingerprint density at radius 2 is 1.97 bits per heavy atom. The van der Waals surface area contributed by atoms with Gasteiger partial charge in [-0.2, -0.15) is 0 Å². The number of benzene rings is 2. The molecule has 1 saturated heterocycles. The van der Waals surface area contributed by atoms with Crippen LogP contribution in [0.4, 0.5) is 9.18 Å². The molecule has 0 aromatic heterocycles. The summed E-state index contributed by atoms with van der Waals surface area (Å²) in [5.74, 6) is -2.76. The number of aliphatic carboxylic acids is 1. The van der Waals surface area contributed by atoms with Crippen molar-refractivity contribution in [3.8, 4) is 0 Å². The van der Waals surface area contributed by atoms with E-state index in [1.165, 1.54) is 18.2 Å². The van der Waals surface area contributed by atoms with E-state index in [1.54, 1.807) is 24.3 Å². The summed E-state index contributed by atoms with van der Waals surface area (Å²) in [6.07, 6.45) is 0.240. The standard InChI is InChI=1S/C20H16BrFN2O5S/c21-14-5-4-13(15(22)8-14)9-24(10-17(25)26)19(28)12-3-1-2-11(6-12)7-16-18(27)23-20(29)30-16/h1-6,8,16H,7,9-10H2,(H,25,26)(H,23,27,29). The van der Waals surface area contributed by atoms with Crippen LogP contribution in [0.1, 0.15) is 21.5 Å². The normalized spacial score (nSPS) is 15.7. The topological polar surface area (TPSA) is 104 Å². The zero-order chi connectivity index (χ0) is 21.8. The van der Waals surface area contributed by atoms with E-state index in [0.717, 1.165) is 16.7 Å². The number of carbonyl (C=O) groups excluding carboxylic acids is 3. The molecule has 2 aromatic rings. The first-order valence-corrected chi connectivity index (χ1v) is 10.5. The Morgan fingerprint density at radius 3 is 2.60 bits per heavy atom. The van der Waals surface area contributed by atoms with Crippen LogP contribution in [0.5, 0.6) is 0 Å². The third-order valence-electron chi connectivity index (χ3n) is 4.35. The third kappa shape index (κ3) is 5.45. The number of carbonyl (C=O) groups is 4. The molecule has 156 valence electrons. The van der Waals surface area contributed by atoms with Crippen LogP contribution in [0.2, 0.25) is 0 Å². The fourth-order valence-electron chi connectivity index (χ4n) is 2.97. The van der Waals surface area contributed by atoms with Gasteiger partial charge in [-0.1, -0.05) is 45.9 Å². The number of carboxylic acid groups (broad SMARTS) is 1. The number of rotatable bonds is 7. The lowest BCUT2D eigenvalue weighted by atomic mass is 10.0. The van der Waals surface area contributed by atoms with Crippen molar-refractivity contribution < 1.29 is 28.7 Å². The maximum absolute atomic E-state index is 14.2. The van der Waals surface area contributed by atoms with Crippen LogP contribution < -0.4 is 5.32 Å². The molecule has 1 fully saturated rings. The molecule has 0 bridgehead atoms. The van der Waals surface area contributed by atoms with Gasteiger partial charge in [0.2, 0.25) is 5.91 Å². The lowest BCUT2D eigenvalue weighted by Crippen LogP contribution is -2.35. The maximum Gasteiger partial charge on any atom is 0.323 e. The minimum absolute atomic E-state index is 0.182. The fraction of sp³-hybridized carbons (Fsp3) is 0.200. The SMILES string of the molecule is O=C(O)CN(Cc1ccc(Br)cc1F)C(=O)c1cccc(CC2SC(=O)NC2=O)c1. The van der Waals surface area contributed by atoms with E-state index < -0.39 is 34.7 Å². The van der Waals surface area contributed by atoms with E-state index in [9.17, 15) is 28.7 Å². The van der Waals surface area contributed by atoms with Crippen LogP contribution in [-0.2, 0) is 22.6 Å². The predicted octanol–water partition coefficient (Wildman–Crippen LogP) is 3.21. The summed E-state index contributed by atoms with van der Waals surface area (Å²) >= 11 is 4.04. The summed E-state index contributed by atoms with van der Waals surface area (Å²) in [6.45, 7) is -0.822. The molecule has 0 aliphatic carbocycles. The van der Waals surface area contributed by atoms with Crippen LogP contribution in [0.3, 0.4) is 0 Å². The molecular formula is C20H16BrFN2O5S. The highest BCUT2D eigenvalue weighted by molar-refractivity contribution is 9.10. The maximum atomic E-state index is 14.2. The molecule has 0 radical (unpaired) electrons. The van der Waals surface area contributed by atoms with Crippen molar-refractivity contribution in [1.29, 1.82) is 0 Å². The molecule has 10 heteroatoms. The Balaban J connectivity index is 1.81. The first-order chi connectivity index (χ1) is 14.2. The summed E-state index contributed by atoms with van der Waals surface area (Å²) in [4.78, 5) is 48.4. The Morgan fingerprint density at radius 1 is 1.20 bits per heavy atom. The minimum atomic E-state index is -1.23. The summed E-state index contributed by atoms with van der Waals surface area (Å²) in [7, 11) is 0. The molecule has 3 amide bonds. The molecule has 0 saturated carbocycles. The van der Waals surface area contributed by atoms with Gasteiger partial charge in [-0.3, -0.25) is 24.5 Å². The molecule has 30 heavy (non-hydrogen) atoms. The van der Waals surface area contributed by atoms with Crippen LogP contribution in [0, 0.1) is 5.82 Å². The number of carboxylic acids is 1. The highest BCUT2D eigenvalue weighted by Gasteiger charge is 2.31. The average molecular weight is 495 g/mol. The molecule has 1 heterocycles. The molecule has 2 aromatic carbocycles. The van der Waals surface area contributed by atoms with E-state index in [0.29, 0.717) is 10.0 Å². The molecule has 2 N–H and O–H groups in total. The third-order valence-corrected chi connectivity index (χ3v) is 5.83. The zero-order valence-corrected chi connectivity index (χ0v) is 17.8. The van der Waals surface area contributed by atoms with Crippen molar-refractivity contribution in [1.82, 2.24) is 10.2 Å². The Hall–Kier alpha value is -2.72. The van der Waals surface area contributed by atoms with Gasteiger partial charge in [0.25, 0.3) is 11.1 Å². The summed E-state index contributed by atoms with van der Waals surface area (Å²) in [6, 6.07) is 10.7. The smallest absolute Gasteiger partial charge is 0.323 e. The fourth-order valence-corrected chi connectivity index (χ4v) is 4.17. The van der Waals surface area contributed by atoms with Crippen molar-refractivity contribution in [2.24, 2.45) is 0 Å². The highest BCUT2D eigenvalue weighted by Crippen LogP contribution is 2.24. The van der Waals surface area contributed by atoms with Gasteiger partial charge in [0.05, 0.1) is 5.25 Å². The monoisotopic (exact) mass is 494 g/mol. The van der Waals surface area contributed by atoms with E-state index in [-0.39, 0.29) is 30.0 Å². The Kier molecular flexibility index (Phi) is 6.88. The number of nitrogens with one attached hydrogen (secondary N) is 1. The summed E-state index contributed by atoms with van der Waals surface area (Å²) < 4.78 is 14.7. The second kappa shape index (κ2) is 9.40. The summed E-state index contributed by atoms with van der Waals surface area (Å²) in [5.41, 5.74) is 1.04. The van der Waals surface area contributed by atoms with Gasteiger partial charge >= 0.3 is 5.97 Å². The molecule has 1 unspecified atom stereocenters. The van der Waals surface area contributed by atoms with Crippen LogP contribution in [0.15, 0.2) is 46.9 Å². The second-order valence-electron chi connectivity index (χ2n) is 6.58. The Labute approximate surface area is 183 Å². The van der Waals surface area contributed by atoms with Gasteiger partial charge in [-0.25, -0.2) is 4.39 Å². The van der Waals surface area contributed by atoms with Gasteiger partial charge in [0.15, 0.2) is 0 Å². The van der Waals surface area contributed by atoms with Crippen molar-refractivity contribution in [2.45, 2.75) is 18.2 Å². The van der Waals surface area contributed by atoms with Gasteiger partial charge in [0, 0.05) is 22.1 Å². The first-order valence-electron chi connectivity index (χ1n) is 8.78. The van der Waals surface area contributed by atoms with Crippen molar-refractivity contribution in [3.63, 3.8) is 0 Å². The number of nitrogens with zero attached hydrogens (tertiary/aromatic N) is 1. The number of hydrogen-bond acceptors (Lipinski definition) is 5. The number of thioether (sulfide) groups is 1. The van der Waals surface area contributed by atoms with Gasteiger partial charge in [0.1, 0.15) is 12.4 Å². The number of imide groups is 1. The number of hydrogen-bond donors (Lipinski definition) is 2. The van der Waals surface area contributed by atoms with Crippen LogP contribution in [-0.4, -0.2) is 44.8 Å². The molecular weight excluding hydrogens is 479 g/mol. The van der Waals surface area contributed by atoms with Crippen molar-refractivity contribution >= 4 is 50.7 Å². The lowest BCUT2D eigenvalue weighted by molar-refractivity contribution is -0.137. The molecule has 1 aliphatic heterocycles. The van der Waals surface area contributed by atoms with Crippen molar-refractivity contribution in [2.75, 3.05) is 6.54 Å². The van der Waals surface area contributed by atoms with E-state index in [4.69, 9.17) is 0 Å². The highest BCUT2D eigenvalue weighted by atomic mass is 79.9. The van der Waals surface area contributed by atoms with Gasteiger partial charge in [-0.15, -0.1) is 0 Å². The molecule has 1 atom stereocenters. The molecule has 1 aliphatic rings.